The lowest BCUT2D eigenvalue weighted by atomic mass is 9.96. The summed E-state index contributed by atoms with van der Waals surface area (Å²) < 4.78 is 6.27. The highest BCUT2D eigenvalue weighted by Gasteiger charge is 2.41. The van der Waals surface area contributed by atoms with E-state index in [4.69, 9.17) is 21.4 Å². The van der Waals surface area contributed by atoms with Crippen LogP contribution in [-0.2, 0) is 0 Å². The van der Waals surface area contributed by atoms with Gasteiger partial charge in [0, 0.05) is 22.6 Å². The number of hydrogen-bond donors (Lipinski definition) is 1. The molecule has 3 aromatic rings. The molecule has 1 N–H and O–H groups in total. The van der Waals surface area contributed by atoms with Crippen LogP contribution in [0.1, 0.15) is 34.7 Å². The van der Waals surface area contributed by atoms with E-state index in [2.05, 4.69) is 6.07 Å². The molecular formula is C20H15ClN2O2S. The minimum Gasteiger partial charge on any atom is -0.507 e. The van der Waals surface area contributed by atoms with Gasteiger partial charge in [0.25, 0.3) is 0 Å². The van der Waals surface area contributed by atoms with E-state index in [-0.39, 0.29) is 18.0 Å². The van der Waals surface area contributed by atoms with Crippen molar-refractivity contribution in [2.75, 3.05) is 0 Å². The second-order valence-electron chi connectivity index (χ2n) is 6.33. The lowest BCUT2D eigenvalue weighted by Gasteiger charge is -2.37. The maximum Gasteiger partial charge on any atom is 0.222 e. The quantitative estimate of drug-likeness (QED) is 0.649. The smallest absolute Gasteiger partial charge is 0.222 e. The molecule has 5 rings (SSSR count). The number of thiophene rings is 1. The van der Waals surface area contributed by atoms with Gasteiger partial charge in [-0.15, -0.1) is 11.3 Å². The molecule has 0 spiro atoms. The van der Waals surface area contributed by atoms with Crippen molar-refractivity contribution in [3.05, 3.63) is 81.0 Å². The first kappa shape index (κ1) is 15.7. The molecule has 26 heavy (non-hydrogen) atoms. The molecule has 0 aliphatic carbocycles. The monoisotopic (exact) mass is 382 g/mol. The van der Waals surface area contributed by atoms with Crippen LogP contribution >= 0.6 is 22.9 Å². The second kappa shape index (κ2) is 6.04. The molecule has 2 aromatic carbocycles. The Morgan fingerprint density at radius 2 is 2.04 bits per heavy atom. The Balaban J connectivity index is 1.62. The Hall–Kier alpha value is -2.50. The van der Waals surface area contributed by atoms with Gasteiger partial charge in [-0.05, 0) is 41.8 Å². The maximum atomic E-state index is 10.2. The van der Waals surface area contributed by atoms with Gasteiger partial charge in [-0.1, -0.05) is 29.8 Å². The molecule has 3 heterocycles. The number of hydrazone groups is 1. The van der Waals surface area contributed by atoms with E-state index in [0.717, 1.165) is 27.5 Å². The van der Waals surface area contributed by atoms with E-state index in [1.807, 2.05) is 52.9 Å². The average molecular weight is 383 g/mol. The minimum absolute atomic E-state index is 0.0270. The van der Waals surface area contributed by atoms with Gasteiger partial charge >= 0.3 is 0 Å². The molecule has 0 bridgehead atoms. The van der Waals surface area contributed by atoms with Crippen LogP contribution in [0.2, 0.25) is 5.02 Å². The van der Waals surface area contributed by atoms with E-state index in [9.17, 15) is 5.11 Å². The molecule has 2 atom stereocenters. The molecule has 6 heteroatoms. The van der Waals surface area contributed by atoms with Crippen LogP contribution in [-0.4, -0.2) is 15.8 Å². The average Bonchev–Trinajstić information content (AvgIpc) is 3.32. The van der Waals surface area contributed by atoms with Crippen LogP contribution in [0, 0.1) is 0 Å². The summed E-state index contributed by atoms with van der Waals surface area (Å²) in [6.07, 6.45) is 0.410. The summed E-state index contributed by atoms with van der Waals surface area (Å²) in [5.74, 6) is 1.08. The Labute approximate surface area is 159 Å². The molecule has 0 saturated heterocycles. The van der Waals surface area contributed by atoms with Crippen molar-refractivity contribution < 1.29 is 9.84 Å². The molecule has 0 saturated carbocycles. The minimum atomic E-state index is -0.281. The predicted molar refractivity (Wildman–Crippen MR) is 103 cm³/mol. The third-order valence-electron chi connectivity index (χ3n) is 4.75. The summed E-state index contributed by atoms with van der Waals surface area (Å²) >= 11 is 7.88. The number of rotatable bonds is 2. The van der Waals surface area contributed by atoms with Gasteiger partial charge in [0.05, 0.1) is 16.6 Å². The van der Waals surface area contributed by atoms with Gasteiger partial charge in [-0.3, -0.25) is 0 Å². The summed E-state index contributed by atoms with van der Waals surface area (Å²) in [7, 11) is 0. The fourth-order valence-electron chi connectivity index (χ4n) is 3.56. The van der Waals surface area contributed by atoms with Gasteiger partial charge in [-0.2, -0.15) is 5.10 Å². The first-order valence-corrected chi connectivity index (χ1v) is 9.60. The Morgan fingerprint density at radius 3 is 2.85 bits per heavy atom. The van der Waals surface area contributed by atoms with Crippen molar-refractivity contribution >= 4 is 28.6 Å². The van der Waals surface area contributed by atoms with Crippen molar-refractivity contribution in [1.29, 1.82) is 0 Å². The maximum absolute atomic E-state index is 10.2. The lowest BCUT2D eigenvalue weighted by molar-refractivity contribution is -0.0165. The SMILES string of the molecule is Oc1ccccc1C1=NN2C(C1)c1cc(Cl)ccc1OC2c1cccs1. The zero-order chi connectivity index (χ0) is 17.7. The van der Waals surface area contributed by atoms with Crippen molar-refractivity contribution in [1.82, 2.24) is 5.01 Å². The zero-order valence-corrected chi connectivity index (χ0v) is 15.2. The van der Waals surface area contributed by atoms with Crippen molar-refractivity contribution in [2.45, 2.75) is 18.7 Å². The summed E-state index contributed by atoms with van der Waals surface area (Å²) in [6.45, 7) is 0. The van der Waals surface area contributed by atoms with Gasteiger partial charge < -0.3 is 9.84 Å². The van der Waals surface area contributed by atoms with Crippen LogP contribution in [0.25, 0.3) is 0 Å². The Kier molecular flexibility index (Phi) is 3.65. The number of phenolic OH excluding ortho intramolecular Hbond substituents is 1. The topological polar surface area (TPSA) is 45.1 Å². The second-order valence-corrected chi connectivity index (χ2v) is 7.75. The first-order chi connectivity index (χ1) is 12.7. The number of fused-ring (bicyclic) bond motifs is 3. The number of halogens is 1. The zero-order valence-electron chi connectivity index (χ0n) is 13.7. The number of nitrogens with zero attached hydrogens (tertiary/aromatic N) is 2. The highest BCUT2D eigenvalue weighted by Crippen LogP contribution is 2.49. The highest BCUT2D eigenvalue weighted by molar-refractivity contribution is 7.10. The molecule has 1 aromatic heterocycles. The van der Waals surface area contributed by atoms with Gasteiger partial charge in [0.15, 0.2) is 0 Å². The summed E-state index contributed by atoms with van der Waals surface area (Å²) in [6, 6.07) is 17.1. The van der Waals surface area contributed by atoms with Crippen molar-refractivity contribution in [3.8, 4) is 11.5 Å². The molecule has 2 aliphatic rings. The van der Waals surface area contributed by atoms with Crippen LogP contribution in [0.3, 0.4) is 0 Å². The third-order valence-corrected chi connectivity index (χ3v) is 5.89. The van der Waals surface area contributed by atoms with Crippen molar-refractivity contribution in [2.24, 2.45) is 5.10 Å². The van der Waals surface area contributed by atoms with E-state index in [0.29, 0.717) is 11.4 Å². The van der Waals surface area contributed by atoms with E-state index >= 15 is 0 Å². The lowest BCUT2D eigenvalue weighted by Crippen LogP contribution is -2.33. The van der Waals surface area contributed by atoms with Crippen LogP contribution in [0.15, 0.2) is 65.1 Å². The van der Waals surface area contributed by atoms with E-state index < -0.39 is 0 Å². The Morgan fingerprint density at radius 1 is 1.15 bits per heavy atom. The molecule has 0 fully saturated rings. The number of ether oxygens (including phenoxy) is 1. The van der Waals surface area contributed by atoms with Gasteiger partial charge in [0.2, 0.25) is 6.23 Å². The van der Waals surface area contributed by atoms with Crippen LogP contribution < -0.4 is 4.74 Å². The number of para-hydroxylation sites is 1. The summed E-state index contributed by atoms with van der Waals surface area (Å²) in [4.78, 5) is 1.10. The number of hydrogen-bond acceptors (Lipinski definition) is 5. The summed E-state index contributed by atoms with van der Waals surface area (Å²) in [5, 5.41) is 19.8. The fraction of sp³-hybridized carbons (Fsp3) is 0.150. The molecule has 4 nitrogen and oxygen atoms in total. The van der Waals surface area contributed by atoms with Crippen LogP contribution in [0.5, 0.6) is 11.5 Å². The summed E-state index contributed by atoms with van der Waals surface area (Å²) in [5.41, 5.74) is 2.64. The molecule has 2 aliphatic heterocycles. The van der Waals surface area contributed by atoms with Crippen molar-refractivity contribution in [3.63, 3.8) is 0 Å². The molecule has 0 amide bonds. The first-order valence-electron chi connectivity index (χ1n) is 8.34. The highest BCUT2D eigenvalue weighted by atomic mass is 35.5. The largest absolute Gasteiger partial charge is 0.507 e. The number of aromatic hydroxyl groups is 1. The standard InChI is InChI=1S/C20H15ClN2O2S/c21-12-7-8-18-14(10-12)16-11-15(13-4-1-2-5-17(13)24)22-23(16)20(25-18)19-6-3-9-26-19/h1-10,16,20,24H,11H2. The van der Waals surface area contributed by atoms with Crippen LogP contribution in [0.4, 0.5) is 0 Å². The molecule has 0 radical (unpaired) electrons. The van der Waals surface area contributed by atoms with Gasteiger partial charge in [-0.25, -0.2) is 5.01 Å². The molecule has 130 valence electrons. The van der Waals surface area contributed by atoms with Gasteiger partial charge in [0.1, 0.15) is 11.5 Å². The fourth-order valence-corrected chi connectivity index (χ4v) is 4.48. The van der Waals surface area contributed by atoms with E-state index in [1.165, 1.54) is 0 Å². The number of benzene rings is 2. The molecule has 2 unspecified atom stereocenters. The Bertz CT molecular complexity index is 1000. The third kappa shape index (κ3) is 2.47. The number of phenols is 1. The normalized spacial score (nSPS) is 21.0. The van der Waals surface area contributed by atoms with E-state index in [1.54, 1.807) is 17.4 Å². The predicted octanol–water partition coefficient (Wildman–Crippen LogP) is 5.35. The molecular weight excluding hydrogens is 368 g/mol.